The highest BCUT2D eigenvalue weighted by Crippen LogP contribution is 2.27. The summed E-state index contributed by atoms with van der Waals surface area (Å²) < 4.78 is 7.79. The summed E-state index contributed by atoms with van der Waals surface area (Å²) >= 11 is 0. The van der Waals surface area contributed by atoms with E-state index in [4.69, 9.17) is 4.74 Å². The molecule has 0 spiro atoms. The first-order valence-electron chi connectivity index (χ1n) is 6.67. The van der Waals surface area contributed by atoms with E-state index in [1.165, 1.54) is 16.7 Å². The lowest BCUT2D eigenvalue weighted by molar-refractivity contribution is 0.292. The number of fused-ring (bicyclic) bond motifs is 1. The van der Waals surface area contributed by atoms with Crippen LogP contribution in [0.25, 0.3) is 0 Å². The molecule has 1 N–H and O–H groups in total. The molecule has 0 saturated carbocycles. The molecule has 1 aromatic carbocycles. The molecule has 0 atom stereocenters. The van der Waals surface area contributed by atoms with Gasteiger partial charge in [-0.15, -0.1) is 0 Å². The molecule has 0 fully saturated rings. The van der Waals surface area contributed by atoms with Crippen molar-refractivity contribution in [2.24, 2.45) is 7.05 Å². The molecule has 0 bridgehead atoms. The van der Waals surface area contributed by atoms with E-state index >= 15 is 0 Å². The second kappa shape index (κ2) is 5.05. The van der Waals surface area contributed by atoms with Crippen LogP contribution in [0.15, 0.2) is 24.4 Å². The van der Waals surface area contributed by atoms with Crippen LogP contribution in [-0.4, -0.2) is 16.3 Å². The molecule has 0 radical (unpaired) electrons. The van der Waals surface area contributed by atoms with Gasteiger partial charge in [0.1, 0.15) is 12.4 Å². The Balaban J connectivity index is 1.80. The topological polar surface area (TPSA) is 39.1 Å². The van der Waals surface area contributed by atoms with Gasteiger partial charge in [0.25, 0.3) is 0 Å². The molecule has 4 nitrogen and oxygen atoms in total. The Morgan fingerprint density at radius 1 is 1.37 bits per heavy atom. The van der Waals surface area contributed by atoms with Gasteiger partial charge in [0.15, 0.2) is 0 Å². The van der Waals surface area contributed by atoms with E-state index in [0.29, 0.717) is 6.61 Å². The molecule has 0 amide bonds. The van der Waals surface area contributed by atoms with E-state index in [1.807, 2.05) is 17.8 Å². The van der Waals surface area contributed by atoms with Crippen LogP contribution in [0, 0.1) is 6.92 Å². The monoisotopic (exact) mass is 257 g/mol. The van der Waals surface area contributed by atoms with Crippen molar-refractivity contribution < 1.29 is 4.74 Å². The van der Waals surface area contributed by atoms with Gasteiger partial charge < -0.3 is 10.1 Å². The van der Waals surface area contributed by atoms with E-state index < -0.39 is 0 Å². The number of ether oxygens (including phenoxy) is 1. The van der Waals surface area contributed by atoms with Crippen molar-refractivity contribution in [1.82, 2.24) is 15.1 Å². The first kappa shape index (κ1) is 12.2. The summed E-state index contributed by atoms with van der Waals surface area (Å²) in [6, 6.07) is 6.24. The third kappa shape index (κ3) is 2.36. The van der Waals surface area contributed by atoms with Gasteiger partial charge in [-0.2, -0.15) is 5.10 Å². The van der Waals surface area contributed by atoms with Crippen molar-refractivity contribution in [3.8, 4) is 5.75 Å². The van der Waals surface area contributed by atoms with Crippen LogP contribution in [0.4, 0.5) is 0 Å². The molecule has 4 heteroatoms. The number of hydrogen-bond acceptors (Lipinski definition) is 3. The lowest BCUT2D eigenvalue weighted by Crippen LogP contribution is -2.24. The fraction of sp³-hybridized carbons (Fsp3) is 0.400. The van der Waals surface area contributed by atoms with Crippen LogP contribution in [0.3, 0.4) is 0 Å². The molecule has 2 heterocycles. The number of aromatic nitrogens is 2. The number of nitrogens with zero attached hydrogens (tertiary/aromatic N) is 2. The maximum Gasteiger partial charge on any atom is 0.130 e. The van der Waals surface area contributed by atoms with Gasteiger partial charge in [-0.25, -0.2) is 0 Å². The Morgan fingerprint density at radius 2 is 2.26 bits per heavy atom. The quantitative estimate of drug-likeness (QED) is 0.913. The van der Waals surface area contributed by atoms with Crippen LogP contribution in [-0.2, 0) is 26.6 Å². The highest BCUT2D eigenvalue weighted by Gasteiger charge is 2.14. The summed E-state index contributed by atoms with van der Waals surface area (Å²) in [6.07, 6.45) is 2.88. The average molecular weight is 257 g/mol. The smallest absolute Gasteiger partial charge is 0.130 e. The lowest BCUT2D eigenvalue weighted by Gasteiger charge is -2.21. The Bertz CT molecular complexity index is 589. The van der Waals surface area contributed by atoms with Crippen molar-refractivity contribution in [2.75, 3.05) is 6.54 Å². The predicted molar refractivity (Wildman–Crippen MR) is 74.1 cm³/mol. The molecule has 1 aliphatic rings. The number of rotatable bonds is 3. The minimum absolute atomic E-state index is 0.564. The zero-order chi connectivity index (χ0) is 13.2. The van der Waals surface area contributed by atoms with Gasteiger partial charge >= 0.3 is 0 Å². The summed E-state index contributed by atoms with van der Waals surface area (Å²) in [4.78, 5) is 0. The van der Waals surface area contributed by atoms with Crippen LogP contribution >= 0.6 is 0 Å². The maximum atomic E-state index is 5.95. The van der Waals surface area contributed by atoms with Gasteiger partial charge in [0.2, 0.25) is 0 Å². The Kier molecular flexibility index (Phi) is 3.25. The largest absolute Gasteiger partial charge is 0.487 e. The molecular weight excluding hydrogens is 238 g/mol. The van der Waals surface area contributed by atoms with Gasteiger partial charge in [-0.3, -0.25) is 4.68 Å². The van der Waals surface area contributed by atoms with Crippen LogP contribution in [0.5, 0.6) is 5.75 Å². The zero-order valence-electron chi connectivity index (χ0n) is 11.4. The summed E-state index contributed by atoms with van der Waals surface area (Å²) in [6.45, 7) is 4.74. The van der Waals surface area contributed by atoms with E-state index in [2.05, 4.69) is 29.5 Å². The molecule has 100 valence electrons. The zero-order valence-corrected chi connectivity index (χ0v) is 11.4. The first-order valence-corrected chi connectivity index (χ1v) is 6.67. The van der Waals surface area contributed by atoms with E-state index in [9.17, 15) is 0 Å². The van der Waals surface area contributed by atoms with Crippen molar-refractivity contribution in [3.63, 3.8) is 0 Å². The van der Waals surface area contributed by atoms with E-state index in [-0.39, 0.29) is 0 Å². The van der Waals surface area contributed by atoms with E-state index in [0.717, 1.165) is 31.0 Å². The molecular formula is C15H19N3O. The summed E-state index contributed by atoms with van der Waals surface area (Å²) in [5.41, 5.74) is 5.21. The maximum absolute atomic E-state index is 5.95. The van der Waals surface area contributed by atoms with E-state index in [1.54, 1.807) is 6.20 Å². The molecule has 2 aromatic rings. The molecule has 0 aliphatic carbocycles. The van der Waals surface area contributed by atoms with Gasteiger partial charge in [0, 0.05) is 19.8 Å². The third-order valence-electron chi connectivity index (χ3n) is 3.81. The Morgan fingerprint density at radius 3 is 3.05 bits per heavy atom. The number of nitrogens with one attached hydrogen (secondary N) is 1. The minimum atomic E-state index is 0.564. The molecule has 1 aliphatic heterocycles. The minimum Gasteiger partial charge on any atom is -0.487 e. The highest BCUT2D eigenvalue weighted by atomic mass is 16.5. The van der Waals surface area contributed by atoms with Crippen LogP contribution < -0.4 is 10.1 Å². The van der Waals surface area contributed by atoms with Gasteiger partial charge in [-0.1, -0.05) is 6.07 Å². The van der Waals surface area contributed by atoms with Gasteiger partial charge in [-0.05, 0) is 48.7 Å². The second-order valence-corrected chi connectivity index (χ2v) is 4.99. The predicted octanol–water partition coefficient (Wildman–Crippen LogP) is 1.95. The highest BCUT2D eigenvalue weighted by molar-refractivity contribution is 5.45. The fourth-order valence-corrected chi connectivity index (χ4v) is 2.59. The number of hydrogen-bond donors (Lipinski definition) is 1. The van der Waals surface area contributed by atoms with Crippen LogP contribution in [0.2, 0.25) is 0 Å². The summed E-state index contributed by atoms with van der Waals surface area (Å²) in [5.74, 6) is 0.988. The molecule has 0 unspecified atom stereocenters. The molecule has 3 rings (SSSR count). The SMILES string of the molecule is Cc1c(OCc2ccnn2C)ccc2c1CCNC2. The van der Waals surface area contributed by atoms with Gasteiger partial charge in [0.05, 0.1) is 5.69 Å². The summed E-state index contributed by atoms with van der Waals surface area (Å²) in [5, 5.41) is 7.55. The third-order valence-corrected chi connectivity index (χ3v) is 3.81. The van der Waals surface area contributed by atoms with Crippen molar-refractivity contribution in [1.29, 1.82) is 0 Å². The average Bonchev–Trinajstić information content (AvgIpc) is 2.84. The first-order chi connectivity index (χ1) is 9.25. The molecule has 19 heavy (non-hydrogen) atoms. The van der Waals surface area contributed by atoms with Crippen LogP contribution in [0.1, 0.15) is 22.4 Å². The number of benzene rings is 1. The summed E-state index contributed by atoms with van der Waals surface area (Å²) in [7, 11) is 1.93. The number of aryl methyl sites for hydroxylation is 1. The molecule has 1 aromatic heterocycles. The van der Waals surface area contributed by atoms with Crippen molar-refractivity contribution >= 4 is 0 Å². The standard InChI is InChI=1S/C15H19N3O/c1-11-14-6-7-16-9-12(14)3-4-15(11)19-10-13-5-8-17-18(13)2/h3-5,8,16H,6-7,9-10H2,1-2H3. The molecule has 0 saturated heterocycles. The van der Waals surface area contributed by atoms with Crippen molar-refractivity contribution in [2.45, 2.75) is 26.5 Å². The Hall–Kier alpha value is -1.81. The Labute approximate surface area is 113 Å². The normalized spacial score (nSPS) is 14.2. The lowest BCUT2D eigenvalue weighted by atomic mass is 9.95. The fourth-order valence-electron chi connectivity index (χ4n) is 2.59. The van der Waals surface area contributed by atoms with Crippen molar-refractivity contribution in [3.05, 3.63) is 46.8 Å². The second-order valence-electron chi connectivity index (χ2n) is 4.99.